The van der Waals surface area contributed by atoms with Crippen molar-refractivity contribution in [2.75, 3.05) is 40.0 Å². The van der Waals surface area contributed by atoms with Crippen molar-refractivity contribution in [3.05, 3.63) is 0 Å². The average Bonchev–Trinajstić information content (AvgIpc) is 2.73. The van der Waals surface area contributed by atoms with Gasteiger partial charge in [0.15, 0.2) is 0 Å². The largest absolute Gasteiger partial charge is 0.395 e. The first kappa shape index (κ1) is 13.4. The molecule has 1 fully saturated rings. The number of rotatable bonds is 6. The Bertz CT molecular complexity index is 223. The van der Waals surface area contributed by atoms with Crippen molar-refractivity contribution >= 4 is 5.91 Å². The van der Waals surface area contributed by atoms with Crippen LogP contribution in [-0.4, -0.2) is 61.9 Å². The minimum atomic E-state index is -0.108. The number of hydrogen-bond acceptors (Lipinski definition) is 4. The van der Waals surface area contributed by atoms with Gasteiger partial charge in [-0.1, -0.05) is 6.92 Å². The molecule has 0 radical (unpaired) electrons. The monoisotopic (exact) mass is 230 g/mol. The van der Waals surface area contributed by atoms with Gasteiger partial charge in [0.1, 0.15) is 0 Å². The SMILES string of the molecule is CCCNC1COCC1C(=O)N(C)CCO. The summed E-state index contributed by atoms with van der Waals surface area (Å²) in [5, 5.41) is 12.1. The molecular formula is C11H22N2O3. The molecule has 1 aliphatic rings. The zero-order valence-corrected chi connectivity index (χ0v) is 10.1. The number of aliphatic hydroxyl groups is 1. The molecule has 0 aromatic heterocycles. The van der Waals surface area contributed by atoms with Crippen molar-refractivity contribution in [1.29, 1.82) is 0 Å². The molecule has 1 saturated heterocycles. The van der Waals surface area contributed by atoms with Crippen LogP contribution in [0.4, 0.5) is 0 Å². The van der Waals surface area contributed by atoms with E-state index in [-0.39, 0.29) is 24.5 Å². The Hall–Kier alpha value is -0.650. The first-order valence-electron chi connectivity index (χ1n) is 5.87. The van der Waals surface area contributed by atoms with Crippen LogP contribution in [-0.2, 0) is 9.53 Å². The highest BCUT2D eigenvalue weighted by Crippen LogP contribution is 2.16. The molecule has 1 heterocycles. The highest BCUT2D eigenvalue weighted by Gasteiger charge is 2.34. The van der Waals surface area contributed by atoms with Crippen molar-refractivity contribution < 1.29 is 14.6 Å². The van der Waals surface area contributed by atoms with Gasteiger partial charge in [0.2, 0.25) is 5.91 Å². The van der Waals surface area contributed by atoms with Crippen LogP contribution in [0.5, 0.6) is 0 Å². The maximum Gasteiger partial charge on any atom is 0.229 e. The van der Waals surface area contributed by atoms with Gasteiger partial charge in [-0.3, -0.25) is 4.79 Å². The van der Waals surface area contributed by atoms with E-state index in [4.69, 9.17) is 9.84 Å². The van der Waals surface area contributed by atoms with E-state index in [1.165, 1.54) is 0 Å². The van der Waals surface area contributed by atoms with Crippen LogP contribution in [0.1, 0.15) is 13.3 Å². The molecule has 0 spiro atoms. The smallest absolute Gasteiger partial charge is 0.229 e. The van der Waals surface area contributed by atoms with Crippen molar-refractivity contribution in [2.45, 2.75) is 19.4 Å². The molecule has 0 aromatic rings. The van der Waals surface area contributed by atoms with Gasteiger partial charge in [-0.25, -0.2) is 0 Å². The lowest BCUT2D eigenvalue weighted by atomic mass is 10.0. The van der Waals surface area contributed by atoms with E-state index in [0.29, 0.717) is 19.8 Å². The highest BCUT2D eigenvalue weighted by atomic mass is 16.5. The van der Waals surface area contributed by atoms with Crippen LogP contribution in [0.3, 0.4) is 0 Å². The fraction of sp³-hybridized carbons (Fsp3) is 0.909. The predicted molar refractivity (Wildman–Crippen MR) is 61.1 cm³/mol. The summed E-state index contributed by atoms with van der Waals surface area (Å²) < 4.78 is 5.34. The topological polar surface area (TPSA) is 61.8 Å². The third-order valence-corrected chi connectivity index (χ3v) is 2.87. The van der Waals surface area contributed by atoms with Gasteiger partial charge in [-0.15, -0.1) is 0 Å². The second kappa shape index (κ2) is 6.83. The predicted octanol–water partition coefficient (Wildman–Crippen LogP) is -0.548. The summed E-state index contributed by atoms with van der Waals surface area (Å²) >= 11 is 0. The lowest BCUT2D eigenvalue weighted by Crippen LogP contribution is -2.45. The fourth-order valence-electron chi connectivity index (χ4n) is 1.87. The molecular weight excluding hydrogens is 208 g/mol. The summed E-state index contributed by atoms with van der Waals surface area (Å²) in [6.45, 7) is 4.47. The Balaban J connectivity index is 2.46. The molecule has 5 heteroatoms. The van der Waals surface area contributed by atoms with Crippen molar-refractivity contribution in [3.8, 4) is 0 Å². The number of amides is 1. The third-order valence-electron chi connectivity index (χ3n) is 2.87. The van der Waals surface area contributed by atoms with Gasteiger partial charge in [0.25, 0.3) is 0 Å². The van der Waals surface area contributed by atoms with Crippen LogP contribution in [0.25, 0.3) is 0 Å². The minimum Gasteiger partial charge on any atom is -0.395 e. The average molecular weight is 230 g/mol. The van der Waals surface area contributed by atoms with E-state index in [2.05, 4.69) is 12.2 Å². The summed E-state index contributed by atoms with van der Waals surface area (Å²) in [5.74, 6) is -0.0525. The molecule has 2 atom stereocenters. The van der Waals surface area contributed by atoms with E-state index in [9.17, 15) is 4.79 Å². The Morgan fingerprint density at radius 1 is 1.56 bits per heavy atom. The summed E-state index contributed by atoms with van der Waals surface area (Å²) in [6, 6.07) is 0.119. The first-order chi connectivity index (χ1) is 7.70. The highest BCUT2D eigenvalue weighted by molar-refractivity contribution is 5.79. The lowest BCUT2D eigenvalue weighted by molar-refractivity contribution is -0.135. The molecule has 16 heavy (non-hydrogen) atoms. The van der Waals surface area contributed by atoms with E-state index in [0.717, 1.165) is 13.0 Å². The fourth-order valence-corrected chi connectivity index (χ4v) is 1.87. The maximum atomic E-state index is 12.0. The molecule has 0 aromatic carbocycles. The van der Waals surface area contributed by atoms with Gasteiger partial charge < -0.3 is 20.1 Å². The second-order valence-electron chi connectivity index (χ2n) is 4.19. The van der Waals surface area contributed by atoms with Crippen LogP contribution >= 0.6 is 0 Å². The molecule has 5 nitrogen and oxygen atoms in total. The molecule has 2 unspecified atom stereocenters. The normalized spacial score (nSPS) is 24.7. The number of hydrogen-bond donors (Lipinski definition) is 2. The standard InChI is InChI=1S/C11H22N2O3/c1-3-4-12-10-8-16-7-9(10)11(15)13(2)5-6-14/h9-10,12,14H,3-8H2,1-2H3. The summed E-state index contributed by atoms with van der Waals surface area (Å²) in [5.41, 5.74) is 0. The van der Waals surface area contributed by atoms with E-state index in [1.54, 1.807) is 11.9 Å². The number of aliphatic hydroxyl groups excluding tert-OH is 1. The Kier molecular flexibility index (Phi) is 5.73. The van der Waals surface area contributed by atoms with Crippen LogP contribution < -0.4 is 5.32 Å². The lowest BCUT2D eigenvalue weighted by Gasteiger charge is -2.23. The number of likely N-dealkylation sites (N-methyl/N-ethyl adjacent to an activating group) is 1. The molecule has 1 aliphatic heterocycles. The molecule has 0 aliphatic carbocycles. The first-order valence-corrected chi connectivity index (χ1v) is 5.87. The van der Waals surface area contributed by atoms with Crippen LogP contribution in [0.2, 0.25) is 0 Å². The Morgan fingerprint density at radius 3 is 2.94 bits per heavy atom. The van der Waals surface area contributed by atoms with Gasteiger partial charge in [-0.05, 0) is 13.0 Å². The van der Waals surface area contributed by atoms with Crippen molar-refractivity contribution in [2.24, 2.45) is 5.92 Å². The number of nitrogens with zero attached hydrogens (tertiary/aromatic N) is 1. The zero-order chi connectivity index (χ0) is 12.0. The number of ether oxygens (including phenoxy) is 1. The number of nitrogens with one attached hydrogen (secondary N) is 1. The second-order valence-corrected chi connectivity index (χ2v) is 4.19. The zero-order valence-electron chi connectivity index (χ0n) is 10.1. The maximum absolute atomic E-state index is 12.0. The van der Waals surface area contributed by atoms with Gasteiger partial charge in [0, 0.05) is 19.6 Å². The van der Waals surface area contributed by atoms with E-state index >= 15 is 0 Å². The summed E-state index contributed by atoms with van der Waals surface area (Å²) in [7, 11) is 1.72. The molecule has 1 amide bonds. The van der Waals surface area contributed by atoms with Crippen molar-refractivity contribution in [3.63, 3.8) is 0 Å². The molecule has 0 saturated carbocycles. The minimum absolute atomic E-state index is 0.00285. The van der Waals surface area contributed by atoms with E-state index in [1.807, 2.05) is 0 Å². The van der Waals surface area contributed by atoms with Crippen molar-refractivity contribution in [1.82, 2.24) is 10.2 Å². The van der Waals surface area contributed by atoms with Crippen LogP contribution in [0, 0.1) is 5.92 Å². The van der Waals surface area contributed by atoms with E-state index < -0.39 is 0 Å². The van der Waals surface area contributed by atoms with Gasteiger partial charge >= 0.3 is 0 Å². The summed E-state index contributed by atoms with van der Waals surface area (Å²) in [6.07, 6.45) is 1.05. The quantitative estimate of drug-likeness (QED) is 0.643. The third kappa shape index (κ3) is 3.43. The Morgan fingerprint density at radius 2 is 2.31 bits per heavy atom. The van der Waals surface area contributed by atoms with Gasteiger partial charge in [0.05, 0.1) is 25.7 Å². The Labute approximate surface area is 96.8 Å². The van der Waals surface area contributed by atoms with Crippen LogP contribution in [0.15, 0.2) is 0 Å². The number of carbonyl (C=O) groups excluding carboxylic acids is 1. The summed E-state index contributed by atoms with van der Waals surface area (Å²) in [4.78, 5) is 13.6. The molecule has 0 bridgehead atoms. The molecule has 94 valence electrons. The molecule has 1 rings (SSSR count). The number of carbonyl (C=O) groups is 1. The van der Waals surface area contributed by atoms with Gasteiger partial charge in [-0.2, -0.15) is 0 Å². The molecule has 2 N–H and O–H groups in total.